The number of aromatic nitrogens is 1. The molecule has 1 aliphatic rings. The number of hydrogen-bond acceptors (Lipinski definition) is 2. The zero-order chi connectivity index (χ0) is 9.38. The first kappa shape index (κ1) is 8.28. The van der Waals surface area contributed by atoms with E-state index in [1.807, 2.05) is 18.2 Å². The van der Waals surface area contributed by atoms with E-state index in [2.05, 4.69) is 23.2 Å². The van der Waals surface area contributed by atoms with E-state index < -0.39 is 0 Å². The number of hydrogen-bond donors (Lipinski definition) is 0. The van der Waals surface area contributed by atoms with Crippen molar-refractivity contribution in [2.75, 3.05) is 0 Å². The zero-order valence-electron chi connectivity index (χ0n) is 7.31. The topological polar surface area (TPSA) is 22.1 Å². The van der Waals surface area contributed by atoms with Crippen LogP contribution in [0.5, 0.6) is 11.6 Å². The van der Waals surface area contributed by atoms with Crippen molar-refractivity contribution >= 4 is 28.1 Å². The summed E-state index contributed by atoms with van der Waals surface area (Å²) >= 11 is -0.299. The van der Waals surface area contributed by atoms with Gasteiger partial charge in [-0.2, -0.15) is 0 Å². The summed E-state index contributed by atoms with van der Waals surface area (Å²) in [7, 11) is 0. The fourth-order valence-electron chi connectivity index (χ4n) is 1.37. The Morgan fingerprint density at radius 3 is 2.86 bits per heavy atom. The molecule has 0 saturated heterocycles. The summed E-state index contributed by atoms with van der Waals surface area (Å²) < 4.78 is 8.35. The molecular formula is C11H7NOTe. The maximum absolute atomic E-state index is 5.70. The van der Waals surface area contributed by atoms with Crippen LogP contribution in [-0.4, -0.2) is 25.9 Å². The van der Waals surface area contributed by atoms with Crippen molar-refractivity contribution in [3.8, 4) is 11.6 Å². The van der Waals surface area contributed by atoms with Crippen molar-refractivity contribution in [2.24, 2.45) is 0 Å². The van der Waals surface area contributed by atoms with Gasteiger partial charge in [-0.05, 0) is 0 Å². The molecule has 1 aromatic heterocycles. The van der Waals surface area contributed by atoms with Gasteiger partial charge < -0.3 is 0 Å². The van der Waals surface area contributed by atoms with E-state index in [-0.39, 0.29) is 20.9 Å². The first-order valence-corrected chi connectivity index (χ1v) is 6.66. The van der Waals surface area contributed by atoms with Gasteiger partial charge in [-0.1, -0.05) is 0 Å². The van der Waals surface area contributed by atoms with Crippen LogP contribution in [0.1, 0.15) is 0 Å². The van der Waals surface area contributed by atoms with E-state index in [0.717, 1.165) is 11.6 Å². The molecule has 3 heteroatoms. The Balaban J connectivity index is 2.12. The normalized spacial score (nSPS) is 12.6. The Morgan fingerprint density at radius 2 is 1.86 bits per heavy atom. The standard InChI is InChI=1S/C11H7NOTe/c1-2-5-9-8(4-1)13-11-10(14-9)6-3-7-12-11/h1-7H. The molecule has 0 aliphatic carbocycles. The zero-order valence-corrected chi connectivity index (χ0v) is 9.64. The summed E-state index contributed by atoms with van der Waals surface area (Å²) in [5.74, 6) is 1.79. The van der Waals surface area contributed by atoms with Crippen LogP contribution in [0.4, 0.5) is 0 Å². The minimum atomic E-state index is -0.299. The van der Waals surface area contributed by atoms with E-state index in [4.69, 9.17) is 4.74 Å². The van der Waals surface area contributed by atoms with Gasteiger partial charge in [0, 0.05) is 0 Å². The quantitative estimate of drug-likeness (QED) is 0.574. The fraction of sp³-hybridized carbons (Fsp3) is 0. The van der Waals surface area contributed by atoms with Crippen LogP contribution < -0.4 is 12.0 Å². The van der Waals surface area contributed by atoms with Gasteiger partial charge in [0.05, 0.1) is 0 Å². The summed E-state index contributed by atoms with van der Waals surface area (Å²) in [4.78, 5) is 4.23. The van der Waals surface area contributed by atoms with Crippen LogP contribution in [-0.2, 0) is 0 Å². The molecule has 3 rings (SSSR count). The van der Waals surface area contributed by atoms with Crippen molar-refractivity contribution in [1.29, 1.82) is 0 Å². The van der Waals surface area contributed by atoms with Crippen molar-refractivity contribution < 1.29 is 4.74 Å². The first-order valence-electron chi connectivity index (χ1n) is 4.33. The van der Waals surface area contributed by atoms with E-state index in [9.17, 15) is 0 Å². The molecule has 0 amide bonds. The van der Waals surface area contributed by atoms with Gasteiger partial charge in [0.2, 0.25) is 0 Å². The number of pyridine rings is 1. The third-order valence-corrected chi connectivity index (χ3v) is 5.12. The minimum absolute atomic E-state index is 0.299. The monoisotopic (exact) mass is 299 g/mol. The van der Waals surface area contributed by atoms with Crippen molar-refractivity contribution in [2.45, 2.75) is 0 Å². The molecule has 0 unspecified atom stereocenters. The molecule has 68 valence electrons. The second kappa shape index (κ2) is 3.27. The van der Waals surface area contributed by atoms with Gasteiger partial charge in [0.1, 0.15) is 0 Å². The molecule has 14 heavy (non-hydrogen) atoms. The van der Waals surface area contributed by atoms with Crippen LogP contribution in [0.2, 0.25) is 0 Å². The van der Waals surface area contributed by atoms with E-state index in [0.29, 0.717) is 0 Å². The van der Waals surface area contributed by atoms with E-state index in [1.165, 1.54) is 7.22 Å². The van der Waals surface area contributed by atoms with Crippen LogP contribution in [0.25, 0.3) is 0 Å². The molecule has 2 aromatic rings. The van der Waals surface area contributed by atoms with Crippen molar-refractivity contribution in [1.82, 2.24) is 4.98 Å². The van der Waals surface area contributed by atoms with Gasteiger partial charge >= 0.3 is 92.1 Å². The molecule has 0 radical (unpaired) electrons. The predicted octanol–water partition coefficient (Wildman–Crippen LogP) is 0.842. The van der Waals surface area contributed by atoms with Gasteiger partial charge in [-0.25, -0.2) is 0 Å². The average Bonchev–Trinajstić information content (AvgIpc) is 2.26. The number of fused-ring (bicyclic) bond motifs is 2. The molecule has 2 nitrogen and oxygen atoms in total. The van der Waals surface area contributed by atoms with Gasteiger partial charge in [-0.3, -0.25) is 0 Å². The van der Waals surface area contributed by atoms with Crippen LogP contribution >= 0.6 is 0 Å². The second-order valence-electron chi connectivity index (χ2n) is 2.96. The Morgan fingerprint density at radius 1 is 1.00 bits per heavy atom. The van der Waals surface area contributed by atoms with Crippen LogP contribution in [0.15, 0.2) is 42.6 Å². The summed E-state index contributed by atoms with van der Waals surface area (Å²) in [5, 5.41) is 0. The molecule has 1 aliphatic heterocycles. The number of para-hydroxylation sites is 1. The Labute approximate surface area is 92.0 Å². The molecule has 2 heterocycles. The number of ether oxygens (including phenoxy) is 1. The van der Waals surface area contributed by atoms with Gasteiger partial charge in [0.25, 0.3) is 0 Å². The summed E-state index contributed by atoms with van der Waals surface area (Å²) in [6.07, 6.45) is 1.78. The van der Waals surface area contributed by atoms with Crippen LogP contribution in [0.3, 0.4) is 0 Å². The summed E-state index contributed by atoms with van der Waals surface area (Å²) in [6, 6.07) is 12.3. The van der Waals surface area contributed by atoms with Crippen molar-refractivity contribution in [3.63, 3.8) is 0 Å². The molecular weight excluding hydrogens is 290 g/mol. The molecule has 0 spiro atoms. The number of nitrogens with zero attached hydrogens (tertiary/aromatic N) is 1. The SMILES string of the molecule is c1ccc2c(c1)Oc1ncccc1[Te]2. The Hall–Kier alpha value is -1.04. The third kappa shape index (κ3) is 1.30. The maximum atomic E-state index is 5.70. The Bertz CT molecular complexity index is 397. The van der Waals surface area contributed by atoms with Crippen LogP contribution in [0, 0.1) is 0 Å². The van der Waals surface area contributed by atoms with E-state index in [1.54, 1.807) is 6.20 Å². The summed E-state index contributed by atoms with van der Waals surface area (Å²) in [6.45, 7) is 0. The van der Waals surface area contributed by atoms with Gasteiger partial charge in [-0.15, -0.1) is 0 Å². The molecule has 0 N–H and O–H groups in total. The second-order valence-corrected chi connectivity index (χ2v) is 6.05. The van der Waals surface area contributed by atoms with Crippen molar-refractivity contribution in [3.05, 3.63) is 42.6 Å². The number of rotatable bonds is 0. The van der Waals surface area contributed by atoms with E-state index >= 15 is 0 Å². The molecule has 0 bridgehead atoms. The fourth-order valence-corrected chi connectivity index (χ4v) is 4.00. The molecule has 0 atom stereocenters. The van der Waals surface area contributed by atoms with Gasteiger partial charge in [0.15, 0.2) is 0 Å². The molecule has 1 aromatic carbocycles. The average molecular weight is 297 g/mol. The predicted molar refractivity (Wildman–Crippen MR) is 55.8 cm³/mol. The molecule has 0 saturated carbocycles. The third-order valence-electron chi connectivity index (χ3n) is 2.01. The number of benzene rings is 1. The first-order chi connectivity index (χ1) is 6.93. The Kier molecular flexibility index (Phi) is 1.93. The molecule has 0 fully saturated rings. The summed E-state index contributed by atoms with van der Waals surface area (Å²) in [5.41, 5.74) is 0.